The van der Waals surface area contributed by atoms with Crippen molar-refractivity contribution in [2.24, 2.45) is 5.73 Å². The van der Waals surface area contributed by atoms with Gasteiger partial charge in [-0.15, -0.1) is 0 Å². The first-order chi connectivity index (χ1) is 6.41. The van der Waals surface area contributed by atoms with Crippen molar-refractivity contribution in [1.29, 1.82) is 0 Å². The number of unbranched alkanes of at least 4 members (excludes halogenated alkanes) is 2. The number of carbonyl (C=O) groups is 1. The molecule has 0 unspecified atom stereocenters. The molecule has 3 nitrogen and oxygen atoms in total. The van der Waals surface area contributed by atoms with E-state index in [1.54, 1.807) is 6.92 Å². The van der Waals surface area contributed by atoms with Gasteiger partial charge >= 0.3 is 0 Å². The standard InChI is InChI=1S/C8H15NO.C3H9N/c1-3-4-5-6-7(2)8(9)10;1-4(2)3/h6H,3-5H2,1-2H3,(H2,9,10);1-3H3. The maximum Gasteiger partial charge on any atom is 0.244 e. The van der Waals surface area contributed by atoms with Crippen molar-refractivity contribution >= 4 is 5.91 Å². The molecule has 0 aliphatic heterocycles. The molecular weight excluding hydrogens is 176 g/mol. The summed E-state index contributed by atoms with van der Waals surface area (Å²) in [6.07, 6.45) is 5.14. The van der Waals surface area contributed by atoms with Gasteiger partial charge < -0.3 is 10.6 Å². The molecule has 0 radical (unpaired) electrons. The van der Waals surface area contributed by atoms with Crippen LogP contribution in [0.3, 0.4) is 0 Å². The molecule has 0 aliphatic rings. The number of primary amides is 1. The van der Waals surface area contributed by atoms with Gasteiger partial charge in [0.05, 0.1) is 0 Å². The quantitative estimate of drug-likeness (QED) is 0.555. The average molecular weight is 200 g/mol. The van der Waals surface area contributed by atoms with Crippen LogP contribution in [0.2, 0.25) is 0 Å². The zero-order chi connectivity index (χ0) is 11.6. The van der Waals surface area contributed by atoms with Gasteiger partial charge in [-0.3, -0.25) is 4.79 Å². The molecule has 0 aliphatic carbocycles. The molecule has 1 amide bonds. The molecule has 0 saturated carbocycles. The third-order valence-electron chi connectivity index (χ3n) is 1.40. The first-order valence-electron chi connectivity index (χ1n) is 4.99. The Hall–Kier alpha value is -0.830. The van der Waals surface area contributed by atoms with E-state index in [0.717, 1.165) is 19.3 Å². The third-order valence-corrected chi connectivity index (χ3v) is 1.40. The Labute approximate surface area is 88.0 Å². The van der Waals surface area contributed by atoms with E-state index in [9.17, 15) is 4.79 Å². The number of carbonyl (C=O) groups excluding carboxylic acids is 1. The van der Waals surface area contributed by atoms with Crippen LogP contribution in [0.5, 0.6) is 0 Å². The fraction of sp³-hybridized carbons (Fsp3) is 0.727. The zero-order valence-corrected chi connectivity index (χ0v) is 10.1. The van der Waals surface area contributed by atoms with Crippen LogP contribution in [-0.2, 0) is 4.79 Å². The Morgan fingerprint density at radius 1 is 1.36 bits per heavy atom. The highest BCUT2D eigenvalue weighted by Crippen LogP contribution is 1.99. The summed E-state index contributed by atoms with van der Waals surface area (Å²) in [5.74, 6) is -0.309. The number of hydrogen-bond acceptors (Lipinski definition) is 2. The minimum atomic E-state index is -0.309. The molecule has 3 heteroatoms. The Kier molecular flexibility index (Phi) is 11.4. The summed E-state index contributed by atoms with van der Waals surface area (Å²) in [4.78, 5) is 12.4. The summed E-state index contributed by atoms with van der Waals surface area (Å²) in [5.41, 5.74) is 5.69. The summed E-state index contributed by atoms with van der Waals surface area (Å²) in [7, 11) is 6.00. The first-order valence-corrected chi connectivity index (χ1v) is 4.99. The van der Waals surface area contributed by atoms with Crippen molar-refractivity contribution in [2.45, 2.75) is 33.1 Å². The van der Waals surface area contributed by atoms with Crippen LogP contribution >= 0.6 is 0 Å². The summed E-state index contributed by atoms with van der Waals surface area (Å²) in [5, 5.41) is 0. The number of amides is 1. The number of rotatable bonds is 4. The van der Waals surface area contributed by atoms with Crippen molar-refractivity contribution in [3.8, 4) is 0 Å². The molecule has 0 aromatic rings. The van der Waals surface area contributed by atoms with E-state index in [-0.39, 0.29) is 5.91 Å². The van der Waals surface area contributed by atoms with E-state index in [2.05, 4.69) is 6.92 Å². The maximum absolute atomic E-state index is 10.4. The molecule has 0 rings (SSSR count). The fourth-order valence-electron chi connectivity index (χ4n) is 0.623. The van der Waals surface area contributed by atoms with E-state index < -0.39 is 0 Å². The predicted molar refractivity (Wildman–Crippen MR) is 62.1 cm³/mol. The van der Waals surface area contributed by atoms with Crippen LogP contribution in [-0.4, -0.2) is 32.0 Å². The van der Waals surface area contributed by atoms with Gasteiger partial charge in [-0.1, -0.05) is 25.8 Å². The minimum absolute atomic E-state index is 0.309. The lowest BCUT2D eigenvalue weighted by atomic mass is 10.2. The molecule has 0 spiro atoms. The number of hydrogen-bond donors (Lipinski definition) is 1. The summed E-state index contributed by atoms with van der Waals surface area (Å²) in [6.45, 7) is 3.87. The Balaban J connectivity index is 0. The normalized spacial score (nSPS) is 10.9. The van der Waals surface area contributed by atoms with E-state index in [1.165, 1.54) is 0 Å². The molecule has 14 heavy (non-hydrogen) atoms. The molecule has 0 fully saturated rings. The molecule has 0 bridgehead atoms. The van der Waals surface area contributed by atoms with Gasteiger partial charge in [0.2, 0.25) is 5.91 Å². The molecule has 0 atom stereocenters. The van der Waals surface area contributed by atoms with Gasteiger partial charge in [-0.2, -0.15) is 0 Å². The van der Waals surface area contributed by atoms with E-state index >= 15 is 0 Å². The molecule has 0 aromatic heterocycles. The van der Waals surface area contributed by atoms with Crippen molar-refractivity contribution in [1.82, 2.24) is 4.90 Å². The van der Waals surface area contributed by atoms with Crippen molar-refractivity contribution in [2.75, 3.05) is 21.1 Å². The van der Waals surface area contributed by atoms with Crippen molar-refractivity contribution in [3.05, 3.63) is 11.6 Å². The highest BCUT2D eigenvalue weighted by atomic mass is 16.1. The number of nitrogens with zero attached hydrogens (tertiary/aromatic N) is 1. The van der Waals surface area contributed by atoms with Crippen LogP contribution < -0.4 is 5.73 Å². The monoisotopic (exact) mass is 200 g/mol. The molecular formula is C11H24N2O. The molecule has 2 N–H and O–H groups in total. The SMILES string of the molecule is CCCCC=C(C)C(N)=O.CN(C)C. The van der Waals surface area contributed by atoms with E-state index in [0.29, 0.717) is 5.57 Å². The second-order valence-electron chi connectivity index (χ2n) is 3.74. The zero-order valence-electron chi connectivity index (χ0n) is 10.1. The lowest BCUT2D eigenvalue weighted by molar-refractivity contribution is -0.114. The number of nitrogens with two attached hydrogens (primary N) is 1. The summed E-state index contributed by atoms with van der Waals surface area (Å²) in [6, 6.07) is 0. The minimum Gasteiger partial charge on any atom is -0.366 e. The van der Waals surface area contributed by atoms with Gasteiger partial charge in [-0.25, -0.2) is 0 Å². The molecule has 0 heterocycles. The van der Waals surface area contributed by atoms with Crippen LogP contribution in [0.15, 0.2) is 11.6 Å². The highest BCUT2D eigenvalue weighted by Gasteiger charge is 1.93. The van der Waals surface area contributed by atoms with Crippen LogP contribution in [0.1, 0.15) is 33.1 Å². The third kappa shape index (κ3) is 17.3. The maximum atomic E-state index is 10.4. The van der Waals surface area contributed by atoms with Crippen molar-refractivity contribution < 1.29 is 4.79 Å². The Morgan fingerprint density at radius 3 is 2.07 bits per heavy atom. The molecule has 84 valence electrons. The van der Waals surface area contributed by atoms with Crippen LogP contribution in [0.4, 0.5) is 0 Å². The van der Waals surface area contributed by atoms with Crippen LogP contribution in [0.25, 0.3) is 0 Å². The fourth-order valence-corrected chi connectivity index (χ4v) is 0.623. The average Bonchev–Trinajstić information content (AvgIpc) is 2.03. The smallest absolute Gasteiger partial charge is 0.244 e. The van der Waals surface area contributed by atoms with Gasteiger partial charge in [0.25, 0.3) is 0 Å². The van der Waals surface area contributed by atoms with Gasteiger partial charge in [0, 0.05) is 5.57 Å². The summed E-state index contributed by atoms with van der Waals surface area (Å²) < 4.78 is 0. The first kappa shape index (κ1) is 15.6. The lowest BCUT2D eigenvalue weighted by Crippen LogP contribution is -2.11. The van der Waals surface area contributed by atoms with Gasteiger partial charge in [-0.05, 0) is 34.5 Å². The highest BCUT2D eigenvalue weighted by molar-refractivity contribution is 5.91. The Morgan fingerprint density at radius 2 is 1.79 bits per heavy atom. The predicted octanol–water partition coefficient (Wildman–Crippen LogP) is 1.79. The van der Waals surface area contributed by atoms with Crippen LogP contribution in [0, 0.1) is 0 Å². The number of allylic oxidation sites excluding steroid dienone is 1. The second kappa shape index (κ2) is 10.3. The largest absolute Gasteiger partial charge is 0.366 e. The van der Waals surface area contributed by atoms with Crippen molar-refractivity contribution in [3.63, 3.8) is 0 Å². The molecule has 0 aromatic carbocycles. The van der Waals surface area contributed by atoms with E-state index in [4.69, 9.17) is 5.73 Å². The molecule has 0 saturated heterocycles. The second-order valence-corrected chi connectivity index (χ2v) is 3.74. The lowest BCUT2D eigenvalue weighted by Gasteiger charge is -1.92. The summed E-state index contributed by atoms with van der Waals surface area (Å²) >= 11 is 0. The Bertz CT molecular complexity index is 171. The van der Waals surface area contributed by atoms with Gasteiger partial charge in [0.1, 0.15) is 0 Å². The van der Waals surface area contributed by atoms with Gasteiger partial charge in [0.15, 0.2) is 0 Å². The topological polar surface area (TPSA) is 46.3 Å². The van der Waals surface area contributed by atoms with E-state index in [1.807, 2.05) is 32.1 Å².